The van der Waals surface area contributed by atoms with Crippen molar-refractivity contribution in [2.24, 2.45) is 0 Å². The molecule has 0 aliphatic rings. The second-order valence-corrected chi connectivity index (χ2v) is 4.95. The highest BCUT2D eigenvalue weighted by Gasteiger charge is 2.02. The number of oxazole rings is 1. The summed E-state index contributed by atoms with van der Waals surface area (Å²) in [7, 11) is 0. The van der Waals surface area contributed by atoms with Crippen LogP contribution in [0.4, 0.5) is 6.01 Å². The Kier molecular flexibility index (Phi) is 4.74. The summed E-state index contributed by atoms with van der Waals surface area (Å²) >= 11 is 1.91. The van der Waals surface area contributed by atoms with Crippen LogP contribution in [0.25, 0.3) is 11.1 Å². The molecule has 0 saturated heterocycles. The van der Waals surface area contributed by atoms with Crippen molar-refractivity contribution in [3.8, 4) is 0 Å². The van der Waals surface area contributed by atoms with Gasteiger partial charge in [0.05, 0.1) is 0 Å². The van der Waals surface area contributed by atoms with Crippen LogP contribution in [-0.4, -0.2) is 23.5 Å². The first-order valence-electron chi connectivity index (χ1n) is 5.98. The van der Waals surface area contributed by atoms with Crippen LogP contribution in [0, 0.1) is 0 Å². The van der Waals surface area contributed by atoms with Gasteiger partial charge in [0, 0.05) is 6.54 Å². The molecule has 17 heavy (non-hydrogen) atoms. The van der Waals surface area contributed by atoms with Crippen LogP contribution in [0.1, 0.15) is 19.3 Å². The van der Waals surface area contributed by atoms with Crippen LogP contribution in [0.5, 0.6) is 0 Å². The fraction of sp³-hybridized carbons (Fsp3) is 0.462. The van der Waals surface area contributed by atoms with Crippen LogP contribution < -0.4 is 5.32 Å². The molecule has 3 nitrogen and oxygen atoms in total. The Morgan fingerprint density at radius 2 is 2.12 bits per heavy atom. The summed E-state index contributed by atoms with van der Waals surface area (Å²) in [6.45, 7) is 0.932. The van der Waals surface area contributed by atoms with Gasteiger partial charge >= 0.3 is 0 Å². The summed E-state index contributed by atoms with van der Waals surface area (Å²) in [5.74, 6) is 1.25. The fourth-order valence-corrected chi connectivity index (χ4v) is 2.18. The first-order chi connectivity index (χ1) is 8.40. The van der Waals surface area contributed by atoms with E-state index in [2.05, 4.69) is 16.6 Å². The van der Waals surface area contributed by atoms with Gasteiger partial charge in [0.2, 0.25) is 0 Å². The molecule has 0 bridgehead atoms. The Labute approximate surface area is 106 Å². The molecule has 1 heterocycles. The van der Waals surface area contributed by atoms with E-state index in [0.29, 0.717) is 6.01 Å². The molecular weight excluding hydrogens is 232 g/mol. The summed E-state index contributed by atoms with van der Waals surface area (Å²) in [6.07, 6.45) is 5.86. The summed E-state index contributed by atoms with van der Waals surface area (Å²) < 4.78 is 5.57. The highest BCUT2D eigenvalue weighted by molar-refractivity contribution is 7.98. The lowest BCUT2D eigenvalue weighted by Crippen LogP contribution is -2.01. The van der Waals surface area contributed by atoms with Gasteiger partial charge in [-0.1, -0.05) is 18.6 Å². The van der Waals surface area contributed by atoms with Gasteiger partial charge in [0.1, 0.15) is 5.52 Å². The van der Waals surface area contributed by atoms with E-state index in [4.69, 9.17) is 4.42 Å². The Morgan fingerprint density at radius 3 is 2.94 bits per heavy atom. The van der Waals surface area contributed by atoms with Gasteiger partial charge in [-0.15, -0.1) is 0 Å². The summed E-state index contributed by atoms with van der Waals surface area (Å²) in [5, 5.41) is 3.23. The van der Waals surface area contributed by atoms with Crippen molar-refractivity contribution in [3.05, 3.63) is 24.3 Å². The van der Waals surface area contributed by atoms with Gasteiger partial charge in [0.15, 0.2) is 5.58 Å². The van der Waals surface area contributed by atoms with Crippen LogP contribution >= 0.6 is 11.8 Å². The minimum atomic E-state index is 0.635. The maximum Gasteiger partial charge on any atom is 0.295 e. The molecule has 1 aromatic carbocycles. The number of hydrogen-bond donors (Lipinski definition) is 1. The molecule has 4 heteroatoms. The predicted molar refractivity (Wildman–Crippen MR) is 74.7 cm³/mol. The Balaban J connectivity index is 1.75. The maximum atomic E-state index is 5.57. The molecule has 0 fully saturated rings. The molecule has 0 aliphatic carbocycles. The van der Waals surface area contributed by atoms with Crippen LogP contribution in [0.3, 0.4) is 0 Å². The topological polar surface area (TPSA) is 38.1 Å². The molecular formula is C13H18N2OS. The van der Waals surface area contributed by atoms with E-state index in [0.717, 1.165) is 17.6 Å². The lowest BCUT2D eigenvalue weighted by atomic mass is 10.2. The zero-order chi connectivity index (χ0) is 11.9. The van der Waals surface area contributed by atoms with E-state index in [9.17, 15) is 0 Å². The van der Waals surface area contributed by atoms with Crippen LogP contribution in [0.2, 0.25) is 0 Å². The van der Waals surface area contributed by atoms with E-state index in [1.807, 2.05) is 36.0 Å². The van der Waals surface area contributed by atoms with Crippen LogP contribution in [-0.2, 0) is 0 Å². The Hall–Kier alpha value is -1.16. The van der Waals surface area contributed by atoms with Gasteiger partial charge < -0.3 is 9.73 Å². The van der Waals surface area contributed by atoms with Crippen molar-refractivity contribution in [2.75, 3.05) is 23.9 Å². The third kappa shape index (κ3) is 3.66. The van der Waals surface area contributed by atoms with Gasteiger partial charge in [0.25, 0.3) is 6.01 Å². The average Bonchev–Trinajstić information content (AvgIpc) is 2.76. The number of unbranched alkanes of at least 4 members (excludes halogenated alkanes) is 2. The number of para-hydroxylation sites is 2. The van der Waals surface area contributed by atoms with E-state index in [-0.39, 0.29) is 0 Å². The number of aromatic nitrogens is 1. The lowest BCUT2D eigenvalue weighted by molar-refractivity contribution is 0.609. The normalized spacial score (nSPS) is 10.9. The molecule has 0 unspecified atom stereocenters. The molecule has 0 amide bonds. The highest BCUT2D eigenvalue weighted by Crippen LogP contribution is 2.17. The number of anilines is 1. The standard InChI is InChI=1S/C13H18N2OS/c1-17-10-6-2-5-9-14-13-15-11-7-3-4-8-12(11)16-13/h3-4,7-8H,2,5-6,9-10H2,1H3,(H,14,15). The minimum absolute atomic E-state index is 0.635. The number of thioether (sulfide) groups is 1. The monoisotopic (exact) mass is 250 g/mol. The molecule has 0 atom stereocenters. The molecule has 1 aromatic heterocycles. The summed E-state index contributed by atoms with van der Waals surface area (Å²) in [4.78, 5) is 4.36. The number of fused-ring (bicyclic) bond motifs is 1. The van der Waals surface area contributed by atoms with E-state index < -0.39 is 0 Å². The Morgan fingerprint density at radius 1 is 1.24 bits per heavy atom. The molecule has 0 radical (unpaired) electrons. The van der Waals surface area contributed by atoms with E-state index >= 15 is 0 Å². The maximum absolute atomic E-state index is 5.57. The van der Waals surface area contributed by atoms with Crippen LogP contribution in [0.15, 0.2) is 28.7 Å². The quantitative estimate of drug-likeness (QED) is 0.759. The minimum Gasteiger partial charge on any atom is -0.424 e. The van der Waals surface area contributed by atoms with Crippen molar-refractivity contribution < 1.29 is 4.42 Å². The average molecular weight is 250 g/mol. The summed E-state index contributed by atoms with van der Waals surface area (Å²) in [5.41, 5.74) is 1.76. The van der Waals surface area contributed by atoms with Crippen molar-refractivity contribution in [2.45, 2.75) is 19.3 Å². The summed E-state index contributed by atoms with van der Waals surface area (Å²) in [6, 6.07) is 8.46. The number of benzene rings is 1. The van der Waals surface area contributed by atoms with Gasteiger partial charge in [-0.25, -0.2) is 0 Å². The van der Waals surface area contributed by atoms with Crippen molar-refractivity contribution in [1.82, 2.24) is 4.98 Å². The Bertz CT molecular complexity index is 422. The molecule has 0 spiro atoms. The van der Waals surface area contributed by atoms with Crippen molar-refractivity contribution in [1.29, 1.82) is 0 Å². The lowest BCUT2D eigenvalue weighted by Gasteiger charge is -2.00. The third-order valence-electron chi connectivity index (χ3n) is 2.60. The third-order valence-corrected chi connectivity index (χ3v) is 3.29. The number of nitrogens with one attached hydrogen (secondary N) is 1. The van der Waals surface area contributed by atoms with Gasteiger partial charge in [-0.05, 0) is 37.0 Å². The molecule has 0 saturated carbocycles. The molecule has 0 aliphatic heterocycles. The smallest absolute Gasteiger partial charge is 0.295 e. The predicted octanol–water partition coefficient (Wildman–Crippen LogP) is 3.77. The molecule has 2 rings (SSSR count). The fourth-order valence-electron chi connectivity index (χ4n) is 1.69. The number of nitrogens with zero attached hydrogens (tertiary/aromatic N) is 1. The first kappa shape index (κ1) is 12.3. The SMILES string of the molecule is CSCCCCCNc1nc2ccccc2o1. The highest BCUT2D eigenvalue weighted by atomic mass is 32.2. The molecule has 1 N–H and O–H groups in total. The van der Waals surface area contributed by atoms with Crippen molar-refractivity contribution >= 4 is 28.9 Å². The second kappa shape index (κ2) is 6.55. The molecule has 2 aromatic rings. The number of hydrogen-bond acceptors (Lipinski definition) is 4. The number of rotatable bonds is 7. The van der Waals surface area contributed by atoms with Gasteiger partial charge in [-0.2, -0.15) is 16.7 Å². The van der Waals surface area contributed by atoms with E-state index in [1.54, 1.807) is 0 Å². The first-order valence-corrected chi connectivity index (χ1v) is 7.38. The largest absolute Gasteiger partial charge is 0.424 e. The zero-order valence-electron chi connectivity index (χ0n) is 10.1. The second-order valence-electron chi connectivity index (χ2n) is 3.97. The van der Waals surface area contributed by atoms with Crippen molar-refractivity contribution in [3.63, 3.8) is 0 Å². The zero-order valence-corrected chi connectivity index (χ0v) is 10.9. The molecule has 92 valence electrons. The van der Waals surface area contributed by atoms with Gasteiger partial charge in [-0.3, -0.25) is 0 Å². The van der Waals surface area contributed by atoms with E-state index in [1.165, 1.54) is 25.0 Å².